The highest BCUT2D eigenvalue weighted by molar-refractivity contribution is 7.13. The summed E-state index contributed by atoms with van der Waals surface area (Å²) < 4.78 is 0. The summed E-state index contributed by atoms with van der Waals surface area (Å²) >= 11 is 1.32. The molecule has 122 valence electrons. The van der Waals surface area contributed by atoms with Gasteiger partial charge in [0.15, 0.2) is 5.13 Å². The fourth-order valence-electron chi connectivity index (χ4n) is 2.52. The zero-order valence-electron chi connectivity index (χ0n) is 12.7. The Balaban J connectivity index is 1.58. The average Bonchev–Trinajstić information content (AvgIpc) is 3.23. The van der Waals surface area contributed by atoms with E-state index in [-0.39, 0.29) is 17.2 Å². The van der Waals surface area contributed by atoms with Crippen LogP contribution in [0, 0.1) is 0 Å². The smallest absolute Gasteiger partial charge is 0.284 e. The van der Waals surface area contributed by atoms with Gasteiger partial charge in [-0.2, -0.15) is 0 Å². The Bertz CT molecular complexity index is 948. The SMILES string of the molecule is O=C(Nc1nccs1)c1ccc(N2C(=O)c3cccnc3C2=O)cc1. The fraction of sp³-hybridized carbons (Fsp3) is 0. The number of hydrogen-bond acceptors (Lipinski definition) is 6. The monoisotopic (exact) mass is 350 g/mol. The van der Waals surface area contributed by atoms with E-state index in [1.165, 1.54) is 17.5 Å². The number of hydrogen-bond donors (Lipinski definition) is 1. The summed E-state index contributed by atoms with van der Waals surface area (Å²) in [5, 5.41) is 4.93. The molecule has 0 bridgehead atoms. The summed E-state index contributed by atoms with van der Waals surface area (Å²) in [6.45, 7) is 0. The van der Waals surface area contributed by atoms with Crippen molar-refractivity contribution in [2.75, 3.05) is 10.2 Å². The number of fused-ring (bicyclic) bond motifs is 1. The van der Waals surface area contributed by atoms with Crippen LogP contribution >= 0.6 is 11.3 Å². The fourth-order valence-corrected chi connectivity index (χ4v) is 3.04. The molecule has 0 saturated heterocycles. The van der Waals surface area contributed by atoms with Crippen LogP contribution < -0.4 is 10.2 Å². The first-order chi connectivity index (χ1) is 12.1. The second-order valence-electron chi connectivity index (χ2n) is 5.18. The molecule has 0 unspecified atom stereocenters. The largest absolute Gasteiger partial charge is 0.298 e. The maximum absolute atomic E-state index is 12.4. The van der Waals surface area contributed by atoms with Crippen molar-refractivity contribution in [2.24, 2.45) is 0 Å². The zero-order chi connectivity index (χ0) is 17.4. The molecule has 1 aliphatic heterocycles. The van der Waals surface area contributed by atoms with E-state index >= 15 is 0 Å². The first-order valence-corrected chi connectivity index (χ1v) is 8.18. The lowest BCUT2D eigenvalue weighted by Crippen LogP contribution is -2.29. The molecule has 1 aromatic carbocycles. The van der Waals surface area contributed by atoms with Crippen molar-refractivity contribution in [3.05, 3.63) is 71.0 Å². The molecule has 0 spiro atoms. The van der Waals surface area contributed by atoms with E-state index in [9.17, 15) is 14.4 Å². The van der Waals surface area contributed by atoms with Crippen molar-refractivity contribution < 1.29 is 14.4 Å². The van der Waals surface area contributed by atoms with E-state index in [1.807, 2.05) is 0 Å². The lowest BCUT2D eigenvalue weighted by molar-refractivity contribution is 0.0924. The number of amides is 3. The Labute approximate surface area is 146 Å². The summed E-state index contributed by atoms with van der Waals surface area (Å²) in [6, 6.07) is 9.39. The van der Waals surface area contributed by atoms with Gasteiger partial charge in [-0.15, -0.1) is 11.3 Å². The van der Waals surface area contributed by atoms with Gasteiger partial charge >= 0.3 is 0 Å². The first-order valence-electron chi connectivity index (χ1n) is 7.30. The van der Waals surface area contributed by atoms with Crippen LogP contribution in [0.4, 0.5) is 10.8 Å². The summed E-state index contributed by atoms with van der Waals surface area (Å²) in [4.78, 5) is 46.0. The number of nitrogens with zero attached hydrogens (tertiary/aromatic N) is 3. The Morgan fingerprint density at radius 2 is 1.80 bits per heavy atom. The highest BCUT2D eigenvalue weighted by Gasteiger charge is 2.37. The molecule has 0 saturated carbocycles. The van der Waals surface area contributed by atoms with Crippen molar-refractivity contribution in [2.45, 2.75) is 0 Å². The van der Waals surface area contributed by atoms with Crippen molar-refractivity contribution in [3.8, 4) is 0 Å². The van der Waals surface area contributed by atoms with Crippen LogP contribution in [0.25, 0.3) is 0 Å². The van der Waals surface area contributed by atoms with Gasteiger partial charge < -0.3 is 0 Å². The third-order valence-electron chi connectivity index (χ3n) is 3.69. The Morgan fingerprint density at radius 1 is 1.00 bits per heavy atom. The van der Waals surface area contributed by atoms with Crippen molar-refractivity contribution in [1.82, 2.24) is 9.97 Å². The molecule has 0 fully saturated rings. The number of anilines is 2. The Kier molecular flexibility index (Phi) is 3.58. The number of carbonyl (C=O) groups excluding carboxylic acids is 3. The van der Waals surface area contributed by atoms with Crippen molar-refractivity contribution in [3.63, 3.8) is 0 Å². The van der Waals surface area contributed by atoms with Crippen LogP contribution in [0.1, 0.15) is 31.2 Å². The van der Waals surface area contributed by atoms with Crippen LogP contribution in [0.5, 0.6) is 0 Å². The molecule has 7 nitrogen and oxygen atoms in total. The van der Waals surface area contributed by atoms with E-state index in [0.29, 0.717) is 16.4 Å². The van der Waals surface area contributed by atoms with E-state index in [4.69, 9.17) is 0 Å². The van der Waals surface area contributed by atoms with Crippen LogP contribution in [-0.4, -0.2) is 27.7 Å². The van der Waals surface area contributed by atoms with E-state index in [1.54, 1.807) is 48.0 Å². The molecule has 1 N–H and O–H groups in total. The Hall–Kier alpha value is -3.39. The first kappa shape index (κ1) is 15.2. The molecule has 3 aromatic rings. The van der Waals surface area contributed by atoms with Crippen molar-refractivity contribution >= 4 is 39.9 Å². The molecule has 0 radical (unpaired) electrons. The van der Waals surface area contributed by atoms with Crippen LogP contribution in [-0.2, 0) is 0 Å². The number of aromatic nitrogens is 2. The van der Waals surface area contributed by atoms with Gasteiger partial charge in [0.05, 0.1) is 11.3 Å². The predicted molar refractivity (Wildman–Crippen MR) is 91.9 cm³/mol. The molecule has 0 aliphatic carbocycles. The van der Waals surface area contributed by atoms with Gasteiger partial charge in [-0.1, -0.05) is 0 Å². The summed E-state index contributed by atoms with van der Waals surface area (Å²) in [5.74, 6) is -1.21. The highest BCUT2D eigenvalue weighted by Crippen LogP contribution is 2.27. The minimum atomic E-state index is -0.472. The van der Waals surface area contributed by atoms with Crippen LogP contribution in [0.2, 0.25) is 0 Å². The van der Waals surface area contributed by atoms with E-state index in [2.05, 4.69) is 15.3 Å². The summed E-state index contributed by atoms with van der Waals surface area (Å²) in [6.07, 6.45) is 3.07. The number of imide groups is 1. The lowest BCUT2D eigenvalue weighted by Gasteiger charge is -2.13. The van der Waals surface area contributed by atoms with Crippen LogP contribution in [0.15, 0.2) is 54.2 Å². The average molecular weight is 350 g/mol. The topological polar surface area (TPSA) is 92.3 Å². The molecular weight excluding hydrogens is 340 g/mol. The van der Waals surface area contributed by atoms with Gasteiger partial charge in [-0.25, -0.2) is 9.88 Å². The van der Waals surface area contributed by atoms with Gasteiger partial charge in [-0.3, -0.25) is 24.7 Å². The number of carbonyl (C=O) groups is 3. The molecule has 0 atom stereocenters. The summed E-state index contributed by atoms with van der Waals surface area (Å²) in [5.41, 5.74) is 1.20. The maximum atomic E-state index is 12.4. The predicted octanol–water partition coefficient (Wildman–Crippen LogP) is 2.59. The molecule has 2 aromatic heterocycles. The normalized spacial score (nSPS) is 13.0. The van der Waals surface area contributed by atoms with E-state index in [0.717, 1.165) is 4.90 Å². The second kappa shape index (κ2) is 5.91. The van der Waals surface area contributed by atoms with Gasteiger partial charge in [0.25, 0.3) is 17.7 Å². The van der Waals surface area contributed by atoms with Gasteiger partial charge in [0.1, 0.15) is 5.69 Å². The lowest BCUT2D eigenvalue weighted by atomic mass is 10.2. The number of nitrogens with one attached hydrogen (secondary N) is 1. The molecule has 8 heteroatoms. The zero-order valence-corrected chi connectivity index (χ0v) is 13.5. The van der Waals surface area contributed by atoms with Crippen LogP contribution in [0.3, 0.4) is 0 Å². The standard InChI is InChI=1S/C17H10N4O3S/c22-14(20-17-19-8-9-25-17)10-3-5-11(6-4-10)21-15(23)12-2-1-7-18-13(12)16(21)24/h1-9H,(H,19,20,22). The number of pyridine rings is 1. The third-order valence-corrected chi connectivity index (χ3v) is 4.38. The molecular formula is C17H10N4O3S. The maximum Gasteiger partial charge on any atom is 0.284 e. The minimum Gasteiger partial charge on any atom is -0.298 e. The highest BCUT2D eigenvalue weighted by atomic mass is 32.1. The molecule has 25 heavy (non-hydrogen) atoms. The number of thiazole rings is 1. The quantitative estimate of drug-likeness (QED) is 0.733. The number of benzene rings is 1. The molecule has 3 heterocycles. The van der Waals surface area contributed by atoms with Gasteiger partial charge in [0, 0.05) is 23.3 Å². The summed E-state index contributed by atoms with van der Waals surface area (Å²) in [7, 11) is 0. The molecule has 4 rings (SSSR count). The minimum absolute atomic E-state index is 0.137. The van der Waals surface area contributed by atoms with Gasteiger partial charge in [0.2, 0.25) is 0 Å². The molecule has 1 aliphatic rings. The van der Waals surface area contributed by atoms with Crippen molar-refractivity contribution in [1.29, 1.82) is 0 Å². The third kappa shape index (κ3) is 2.58. The van der Waals surface area contributed by atoms with E-state index < -0.39 is 11.8 Å². The molecule has 3 amide bonds. The Morgan fingerprint density at radius 3 is 2.48 bits per heavy atom. The number of rotatable bonds is 3. The van der Waals surface area contributed by atoms with Gasteiger partial charge in [-0.05, 0) is 36.4 Å². The second-order valence-corrected chi connectivity index (χ2v) is 6.08.